The number of hydrogen-bond acceptors (Lipinski definition) is 8. The Morgan fingerprint density at radius 2 is 1.84 bits per heavy atom. The smallest absolute Gasteiger partial charge is 0.355 e. The fourth-order valence-electron chi connectivity index (χ4n) is 4.42. The number of hydrazine groups is 1. The number of nitrogens with zero attached hydrogens (tertiary/aromatic N) is 5. The van der Waals surface area contributed by atoms with Gasteiger partial charge in [0, 0.05) is 26.2 Å². The quantitative estimate of drug-likeness (QED) is 0.386. The van der Waals surface area contributed by atoms with E-state index < -0.39 is 53.4 Å². The van der Waals surface area contributed by atoms with Crippen LogP contribution < -0.4 is 10.6 Å². The number of nitrogens with one attached hydrogen (secondary N) is 2. The van der Waals surface area contributed by atoms with E-state index in [9.17, 15) is 39.1 Å². The first-order chi connectivity index (χ1) is 17.7. The minimum Gasteiger partial charge on any atom is -0.476 e. The lowest BCUT2D eigenvalue weighted by Crippen LogP contribution is -2.59. The fourth-order valence-corrected chi connectivity index (χ4v) is 4.42. The fraction of sp³-hybridized carbons (Fsp3) is 0.348. The number of carboxylic acid groups (broad SMARTS) is 1. The van der Waals surface area contributed by atoms with E-state index in [1.807, 2.05) is 0 Å². The van der Waals surface area contributed by atoms with Gasteiger partial charge < -0.3 is 20.6 Å². The predicted octanol–water partition coefficient (Wildman–Crippen LogP) is -1.45. The van der Waals surface area contributed by atoms with Crippen LogP contribution in [0.1, 0.15) is 18.5 Å². The first-order valence-electron chi connectivity index (χ1n) is 11.4. The van der Waals surface area contributed by atoms with Crippen molar-refractivity contribution in [2.24, 2.45) is 0 Å². The summed E-state index contributed by atoms with van der Waals surface area (Å²) in [5.74, 6) is -4.82. The molecule has 2 saturated heterocycles. The highest BCUT2D eigenvalue weighted by Gasteiger charge is 2.48. The average Bonchev–Trinajstić information content (AvgIpc) is 3.40. The zero-order valence-corrected chi connectivity index (χ0v) is 19.7. The molecule has 6 amide bonds. The molecule has 2 fully saturated rings. The molecule has 3 heterocycles. The SMILES string of the molecule is CCN1CCN(C(=O)N[C@H](C(=O)N[C@H]2CN3CC(C#N)=C(C(=O)O)N3C2=O)c2ccccc2)C(=O)C1=O. The number of imide groups is 1. The van der Waals surface area contributed by atoms with E-state index in [4.69, 9.17) is 0 Å². The van der Waals surface area contributed by atoms with Crippen LogP contribution in [0.25, 0.3) is 0 Å². The number of rotatable bonds is 6. The highest BCUT2D eigenvalue weighted by molar-refractivity contribution is 6.38. The molecule has 1 aromatic rings. The van der Waals surface area contributed by atoms with E-state index in [0.29, 0.717) is 12.1 Å². The van der Waals surface area contributed by atoms with Crippen LogP contribution >= 0.6 is 0 Å². The summed E-state index contributed by atoms with van der Waals surface area (Å²) in [4.78, 5) is 77.5. The Balaban J connectivity index is 1.52. The van der Waals surface area contributed by atoms with E-state index in [1.54, 1.807) is 43.3 Å². The molecule has 14 heteroatoms. The van der Waals surface area contributed by atoms with Crippen LogP contribution in [0.15, 0.2) is 41.6 Å². The first kappa shape index (κ1) is 25.3. The van der Waals surface area contributed by atoms with Crippen LogP contribution in [0.3, 0.4) is 0 Å². The molecular formula is C23H23N7O7. The van der Waals surface area contributed by atoms with Gasteiger partial charge >= 0.3 is 23.8 Å². The minimum absolute atomic E-state index is 0.0517. The van der Waals surface area contributed by atoms with E-state index >= 15 is 0 Å². The monoisotopic (exact) mass is 509 g/mol. The zero-order valence-electron chi connectivity index (χ0n) is 19.7. The lowest BCUT2D eigenvalue weighted by Gasteiger charge is -2.32. The summed E-state index contributed by atoms with van der Waals surface area (Å²) >= 11 is 0. The topological polar surface area (TPSA) is 183 Å². The van der Waals surface area contributed by atoms with Gasteiger partial charge in [-0.25, -0.2) is 19.6 Å². The highest BCUT2D eigenvalue weighted by Crippen LogP contribution is 2.29. The molecule has 4 rings (SSSR count). The van der Waals surface area contributed by atoms with Crippen LogP contribution in [-0.4, -0.2) is 99.3 Å². The second-order valence-corrected chi connectivity index (χ2v) is 8.44. The molecule has 3 aliphatic rings. The van der Waals surface area contributed by atoms with Crippen molar-refractivity contribution in [3.05, 3.63) is 47.2 Å². The molecule has 3 N–H and O–H groups in total. The van der Waals surface area contributed by atoms with Crippen molar-refractivity contribution in [1.82, 2.24) is 30.5 Å². The molecule has 1 aromatic carbocycles. The summed E-state index contributed by atoms with van der Waals surface area (Å²) < 4.78 is 0. The average molecular weight is 509 g/mol. The molecule has 192 valence electrons. The number of carbonyl (C=O) groups excluding carboxylic acids is 5. The van der Waals surface area contributed by atoms with E-state index in [-0.39, 0.29) is 31.8 Å². The molecule has 2 atom stereocenters. The van der Waals surface area contributed by atoms with E-state index in [2.05, 4.69) is 10.6 Å². The van der Waals surface area contributed by atoms with E-state index in [0.717, 1.165) is 9.91 Å². The summed E-state index contributed by atoms with van der Waals surface area (Å²) in [6, 6.07) is 6.43. The second-order valence-electron chi connectivity index (χ2n) is 8.44. The van der Waals surface area contributed by atoms with Gasteiger partial charge in [0.2, 0.25) is 5.91 Å². The zero-order chi connectivity index (χ0) is 26.9. The number of amides is 6. The lowest BCUT2D eigenvalue weighted by atomic mass is 10.1. The standard InChI is InChI=1S/C23H23N7O7/c1-2-27-8-9-29(21(34)20(27)33)23(37)26-16(13-6-4-3-5-7-13)18(31)25-15-12-28-11-14(10-24)17(22(35)36)30(28)19(15)32/h3-7,15-16H,2,8-9,11-12H2,1H3,(H,25,31)(H,26,37)(H,35,36)/t15-,16-/m0/s1. The summed E-state index contributed by atoms with van der Waals surface area (Å²) in [7, 11) is 0. The summed E-state index contributed by atoms with van der Waals surface area (Å²) in [5.41, 5.74) is -0.197. The first-order valence-corrected chi connectivity index (χ1v) is 11.4. The van der Waals surface area contributed by atoms with Gasteiger partial charge in [0.1, 0.15) is 12.1 Å². The third-order valence-electron chi connectivity index (χ3n) is 6.27. The van der Waals surface area contributed by atoms with Crippen molar-refractivity contribution in [2.75, 3.05) is 32.7 Å². The molecule has 0 unspecified atom stereocenters. The molecule has 0 saturated carbocycles. The van der Waals surface area contributed by atoms with Gasteiger partial charge in [-0.3, -0.25) is 24.1 Å². The van der Waals surface area contributed by atoms with Crippen molar-refractivity contribution in [3.8, 4) is 6.07 Å². The normalized spacial score (nSPS) is 20.6. The molecule has 0 spiro atoms. The number of aliphatic carboxylic acids is 1. The van der Waals surface area contributed by atoms with Crippen molar-refractivity contribution >= 4 is 35.6 Å². The van der Waals surface area contributed by atoms with Gasteiger partial charge in [0.15, 0.2) is 5.70 Å². The van der Waals surface area contributed by atoms with Gasteiger partial charge in [-0.05, 0) is 12.5 Å². The van der Waals surface area contributed by atoms with Crippen LogP contribution in [0.2, 0.25) is 0 Å². The van der Waals surface area contributed by atoms with Gasteiger partial charge in [-0.2, -0.15) is 5.26 Å². The Morgan fingerprint density at radius 3 is 2.46 bits per heavy atom. The molecule has 3 aliphatic heterocycles. The maximum absolute atomic E-state index is 13.3. The summed E-state index contributed by atoms with van der Waals surface area (Å²) in [5, 5.41) is 25.8. The van der Waals surface area contributed by atoms with Crippen LogP contribution in [0, 0.1) is 11.3 Å². The van der Waals surface area contributed by atoms with Crippen LogP contribution in [0.4, 0.5) is 4.79 Å². The van der Waals surface area contributed by atoms with Crippen LogP contribution in [0.5, 0.6) is 0 Å². The Kier molecular flexibility index (Phi) is 6.89. The summed E-state index contributed by atoms with van der Waals surface area (Å²) in [6.07, 6.45) is 0. The Hall–Kier alpha value is -4.77. The number of likely N-dealkylation sites (N-methyl/N-ethyl adjacent to an activating group) is 1. The Bertz CT molecular complexity index is 1260. The number of hydrogen-bond donors (Lipinski definition) is 3. The molecule has 14 nitrogen and oxygen atoms in total. The van der Waals surface area contributed by atoms with Crippen molar-refractivity contribution < 1.29 is 33.9 Å². The van der Waals surface area contributed by atoms with Crippen molar-refractivity contribution in [2.45, 2.75) is 19.0 Å². The van der Waals surface area contributed by atoms with Gasteiger partial charge in [-0.15, -0.1) is 0 Å². The molecule has 37 heavy (non-hydrogen) atoms. The number of fused-ring (bicyclic) bond motifs is 1. The molecule has 0 bridgehead atoms. The van der Waals surface area contributed by atoms with E-state index in [1.165, 1.54) is 9.91 Å². The maximum atomic E-state index is 13.3. The van der Waals surface area contributed by atoms with Crippen LogP contribution in [-0.2, 0) is 24.0 Å². The number of nitriles is 1. The highest BCUT2D eigenvalue weighted by atomic mass is 16.4. The van der Waals surface area contributed by atoms with Gasteiger partial charge in [0.25, 0.3) is 5.91 Å². The van der Waals surface area contributed by atoms with Gasteiger partial charge in [0.05, 0.1) is 18.2 Å². The number of urea groups is 1. The second kappa shape index (κ2) is 10.1. The maximum Gasteiger partial charge on any atom is 0.355 e. The Morgan fingerprint density at radius 1 is 1.14 bits per heavy atom. The Labute approximate surface area is 210 Å². The third kappa shape index (κ3) is 4.59. The number of piperazine rings is 1. The van der Waals surface area contributed by atoms with Crippen molar-refractivity contribution in [1.29, 1.82) is 5.26 Å². The number of carbonyl (C=O) groups is 6. The van der Waals surface area contributed by atoms with Crippen molar-refractivity contribution in [3.63, 3.8) is 0 Å². The number of carboxylic acids is 1. The molecule has 0 aromatic heterocycles. The lowest BCUT2D eigenvalue weighted by molar-refractivity contribution is -0.153. The molecular weight excluding hydrogens is 486 g/mol. The minimum atomic E-state index is -1.45. The van der Waals surface area contributed by atoms with Gasteiger partial charge in [-0.1, -0.05) is 30.3 Å². The predicted molar refractivity (Wildman–Crippen MR) is 122 cm³/mol. The number of benzene rings is 1. The summed E-state index contributed by atoms with van der Waals surface area (Å²) in [6.45, 7) is 1.93. The molecule has 0 radical (unpaired) electrons. The largest absolute Gasteiger partial charge is 0.476 e. The molecule has 0 aliphatic carbocycles. The third-order valence-corrected chi connectivity index (χ3v) is 6.27.